The van der Waals surface area contributed by atoms with Gasteiger partial charge < -0.3 is 20.6 Å². The number of fused-ring (bicyclic) bond motifs is 1. The summed E-state index contributed by atoms with van der Waals surface area (Å²) in [5.74, 6) is -1.75. The van der Waals surface area contributed by atoms with Crippen LogP contribution in [0.15, 0.2) is 39.8 Å². The number of nitrogens with one attached hydrogen (secondary N) is 2. The number of carbonyl (C=O) groups is 4. The molecule has 38 heavy (non-hydrogen) atoms. The first-order valence-electron chi connectivity index (χ1n) is 11.2. The molecule has 2 aliphatic heterocycles. The number of nitrogens with zero attached hydrogens (tertiary/aromatic N) is 7. The predicted octanol–water partition coefficient (Wildman–Crippen LogP) is -0.167. The molecule has 0 radical (unpaired) electrons. The van der Waals surface area contributed by atoms with E-state index in [0.717, 1.165) is 0 Å². The summed E-state index contributed by atoms with van der Waals surface area (Å²) in [6, 6.07) is 3.61. The molecule has 2 atom stereocenters. The van der Waals surface area contributed by atoms with Crippen molar-refractivity contribution in [2.45, 2.75) is 36.5 Å². The molecule has 0 aromatic carbocycles. The van der Waals surface area contributed by atoms with E-state index in [1.54, 1.807) is 27.0 Å². The Morgan fingerprint density at radius 1 is 1.39 bits per heavy atom. The van der Waals surface area contributed by atoms with Gasteiger partial charge in [0.1, 0.15) is 34.7 Å². The van der Waals surface area contributed by atoms with Crippen molar-refractivity contribution in [3.8, 4) is 0 Å². The van der Waals surface area contributed by atoms with Crippen molar-refractivity contribution in [1.82, 2.24) is 35.4 Å². The minimum Gasteiger partial charge on any atom is -0.477 e. The first-order chi connectivity index (χ1) is 18.2. The lowest BCUT2D eigenvalue weighted by atomic mass is 10.0. The van der Waals surface area contributed by atoms with E-state index in [1.807, 2.05) is 0 Å². The Morgan fingerprint density at radius 3 is 2.84 bits per heavy atom. The molecule has 3 amide bonds. The van der Waals surface area contributed by atoms with E-state index in [4.69, 9.17) is 4.84 Å². The second-order valence-corrected chi connectivity index (χ2v) is 10.3. The van der Waals surface area contributed by atoms with Crippen molar-refractivity contribution in [2.75, 3.05) is 16.8 Å². The van der Waals surface area contributed by atoms with Crippen LogP contribution in [0.3, 0.4) is 0 Å². The minimum atomic E-state index is -1.24. The number of carbonyl (C=O) groups excluding carboxylic acids is 3. The second kappa shape index (κ2) is 11.6. The van der Waals surface area contributed by atoms with Crippen molar-refractivity contribution in [3.63, 3.8) is 0 Å². The average Bonchev–Trinajstić information content (AvgIpc) is 3.30. The zero-order valence-electron chi connectivity index (χ0n) is 20.4. The van der Waals surface area contributed by atoms with Crippen LogP contribution in [0.4, 0.5) is 5.82 Å². The molecule has 15 nitrogen and oxygen atoms in total. The number of tetrazole rings is 1. The van der Waals surface area contributed by atoms with Gasteiger partial charge in [0.15, 0.2) is 5.71 Å². The lowest BCUT2D eigenvalue weighted by Gasteiger charge is -2.49. The van der Waals surface area contributed by atoms with Crippen molar-refractivity contribution in [3.05, 3.63) is 35.2 Å². The highest BCUT2D eigenvalue weighted by atomic mass is 32.2. The van der Waals surface area contributed by atoms with Gasteiger partial charge in [-0.05, 0) is 42.0 Å². The summed E-state index contributed by atoms with van der Waals surface area (Å²) >= 11 is 2.59. The maximum atomic E-state index is 13.2. The highest BCUT2D eigenvalue weighted by Crippen LogP contribution is 2.41. The zero-order valence-corrected chi connectivity index (χ0v) is 22.0. The Morgan fingerprint density at radius 2 is 2.18 bits per heavy atom. The van der Waals surface area contributed by atoms with E-state index in [2.05, 4.69) is 36.3 Å². The fourth-order valence-corrected chi connectivity index (χ4v) is 5.90. The Bertz CT molecular complexity index is 1330. The van der Waals surface area contributed by atoms with Crippen molar-refractivity contribution < 1.29 is 29.1 Å². The van der Waals surface area contributed by atoms with Gasteiger partial charge in [0.05, 0.1) is 0 Å². The highest BCUT2D eigenvalue weighted by molar-refractivity contribution is 8.01. The summed E-state index contributed by atoms with van der Waals surface area (Å²) in [7, 11) is 1.67. The molecule has 2 aliphatic rings. The lowest BCUT2D eigenvalue weighted by molar-refractivity contribution is -0.150. The van der Waals surface area contributed by atoms with Crippen molar-refractivity contribution in [2.24, 2.45) is 12.2 Å². The quantitative estimate of drug-likeness (QED) is 0.108. The molecule has 2 aromatic heterocycles. The molecule has 0 spiro atoms. The average molecular weight is 562 g/mol. The van der Waals surface area contributed by atoms with E-state index in [9.17, 15) is 24.3 Å². The molecule has 17 heteroatoms. The Kier molecular flexibility index (Phi) is 8.26. The SMILES string of the molecule is CC(C)ON=C(C(=O)NC1C(=O)N2C(C(=O)O)=C(CSc3nnnn3C)CS[C@H]12)c1cccc(NC=O)n1. The zero-order chi connectivity index (χ0) is 27.4. The molecule has 1 unspecified atom stereocenters. The summed E-state index contributed by atoms with van der Waals surface area (Å²) in [5.41, 5.74) is 0.335. The standard InChI is InChI=1S/C21H23N9O6S2/c1-10(2)36-26-14(12-5-4-6-13(23-12)22-9-31)17(32)24-15-18(33)30-16(20(34)35)11(7-37-19(15)30)8-38-21-25-27-28-29(21)3/h4-6,9-10,15,19H,7-8H2,1-3H3,(H,24,32)(H,34,35)(H,22,23,31)/t15?,19-/m1/s1. The van der Waals surface area contributed by atoms with E-state index in [1.165, 1.54) is 45.2 Å². The topological polar surface area (TPSA) is 194 Å². The molecule has 1 fully saturated rings. The molecule has 200 valence electrons. The molecule has 0 saturated carbocycles. The number of hydrogen-bond donors (Lipinski definition) is 3. The fourth-order valence-electron chi connectivity index (χ4n) is 3.57. The maximum absolute atomic E-state index is 13.2. The minimum absolute atomic E-state index is 0.110. The van der Waals surface area contributed by atoms with Crippen LogP contribution in [0, 0.1) is 0 Å². The Labute approximate surface area is 224 Å². The molecule has 0 bridgehead atoms. The predicted molar refractivity (Wildman–Crippen MR) is 136 cm³/mol. The molecule has 4 rings (SSSR count). The van der Waals surface area contributed by atoms with Gasteiger partial charge in [-0.1, -0.05) is 23.0 Å². The number of hydrogen-bond acceptors (Lipinski definition) is 12. The third-order valence-corrected chi connectivity index (χ3v) is 7.70. The van der Waals surface area contributed by atoms with Crippen LogP contribution in [0.5, 0.6) is 0 Å². The van der Waals surface area contributed by atoms with E-state index in [-0.39, 0.29) is 34.8 Å². The summed E-state index contributed by atoms with van der Waals surface area (Å²) in [4.78, 5) is 59.8. The number of β-lactam (4-membered cyclic amide) rings is 1. The molecule has 4 heterocycles. The van der Waals surface area contributed by atoms with Crippen LogP contribution in [-0.2, 0) is 31.1 Å². The number of carboxylic acid groups (broad SMARTS) is 1. The van der Waals surface area contributed by atoms with Gasteiger partial charge in [0.2, 0.25) is 11.6 Å². The summed E-state index contributed by atoms with van der Waals surface area (Å²) in [6.07, 6.45) is 0.0979. The van der Waals surface area contributed by atoms with Gasteiger partial charge in [0, 0.05) is 18.6 Å². The number of rotatable bonds is 11. The number of thioether (sulfide) groups is 2. The Hall–Kier alpha value is -3.99. The number of aliphatic carboxylic acids is 1. The highest BCUT2D eigenvalue weighted by Gasteiger charge is 2.54. The smallest absolute Gasteiger partial charge is 0.352 e. The van der Waals surface area contributed by atoms with Crippen LogP contribution in [0.1, 0.15) is 19.5 Å². The van der Waals surface area contributed by atoms with Gasteiger partial charge in [-0.15, -0.1) is 16.9 Å². The van der Waals surface area contributed by atoms with E-state index >= 15 is 0 Å². The number of oxime groups is 1. The van der Waals surface area contributed by atoms with Gasteiger partial charge in [-0.2, -0.15) is 0 Å². The third-order valence-electron chi connectivity index (χ3n) is 5.26. The number of anilines is 1. The first kappa shape index (κ1) is 27.1. The largest absolute Gasteiger partial charge is 0.477 e. The van der Waals surface area contributed by atoms with E-state index in [0.29, 0.717) is 22.9 Å². The van der Waals surface area contributed by atoms with E-state index < -0.39 is 29.2 Å². The maximum Gasteiger partial charge on any atom is 0.352 e. The number of pyridine rings is 1. The van der Waals surface area contributed by atoms with Crippen LogP contribution < -0.4 is 10.6 Å². The number of aryl methyl sites for hydroxylation is 1. The summed E-state index contributed by atoms with van der Waals surface area (Å²) in [6.45, 7) is 3.44. The third kappa shape index (κ3) is 5.62. The molecule has 2 aromatic rings. The molecular formula is C21H23N9O6S2. The van der Waals surface area contributed by atoms with Crippen LogP contribution in [-0.4, -0.2) is 94.1 Å². The number of amides is 3. The summed E-state index contributed by atoms with van der Waals surface area (Å²) < 4.78 is 1.46. The number of aromatic nitrogens is 5. The van der Waals surface area contributed by atoms with Gasteiger partial charge in [0.25, 0.3) is 11.8 Å². The monoisotopic (exact) mass is 561 g/mol. The normalized spacial score (nSPS) is 19.1. The van der Waals surface area contributed by atoms with Crippen LogP contribution >= 0.6 is 23.5 Å². The first-order valence-corrected chi connectivity index (χ1v) is 13.2. The van der Waals surface area contributed by atoms with Crippen molar-refractivity contribution >= 4 is 59.2 Å². The van der Waals surface area contributed by atoms with Crippen LogP contribution in [0.25, 0.3) is 0 Å². The Balaban J connectivity index is 1.52. The van der Waals surface area contributed by atoms with Gasteiger partial charge in [-0.3, -0.25) is 19.3 Å². The van der Waals surface area contributed by atoms with Crippen molar-refractivity contribution in [1.29, 1.82) is 0 Å². The number of carboxylic acids is 1. The van der Waals surface area contributed by atoms with Gasteiger partial charge in [-0.25, -0.2) is 14.5 Å². The summed E-state index contributed by atoms with van der Waals surface area (Å²) in [5, 5.41) is 29.9. The molecule has 1 saturated heterocycles. The van der Waals surface area contributed by atoms with Crippen LogP contribution in [0.2, 0.25) is 0 Å². The molecule has 0 aliphatic carbocycles. The fraction of sp³-hybridized carbons (Fsp3) is 0.381. The second-order valence-electron chi connectivity index (χ2n) is 8.26. The molecule has 3 N–H and O–H groups in total. The van der Waals surface area contributed by atoms with Gasteiger partial charge >= 0.3 is 5.97 Å². The lowest BCUT2D eigenvalue weighted by Crippen LogP contribution is -2.71. The molecular weight excluding hydrogens is 538 g/mol.